The maximum absolute atomic E-state index is 14.1. The summed E-state index contributed by atoms with van der Waals surface area (Å²) in [5.74, 6) is -1.62. The number of nitrogens with zero attached hydrogens (tertiary/aromatic N) is 2. The van der Waals surface area contributed by atoms with E-state index in [0.29, 0.717) is 18.5 Å². The fraction of sp³-hybridized carbons (Fsp3) is 0.744. The molecule has 12 nitrogen and oxygen atoms in total. The number of rotatable bonds is 20. The first-order valence-electron chi connectivity index (χ1n) is 18.7. The van der Waals surface area contributed by atoms with Gasteiger partial charge in [-0.1, -0.05) is 85.2 Å². The highest BCUT2D eigenvalue weighted by Gasteiger charge is 2.43. The van der Waals surface area contributed by atoms with Crippen molar-refractivity contribution in [2.75, 3.05) is 34.9 Å². The molecule has 0 aliphatic carbocycles. The Morgan fingerprint density at radius 3 is 2.04 bits per heavy atom. The molecule has 1 aromatic carbocycles. The van der Waals surface area contributed by atoms with Gasteiger partial charge in [0.1, 0.15) is 6.04 Å². The summed E-state index contributed by atoms with van der Waals surface area (Å²) >= 11 is 0. The van der Waals surface area contributed by atoms with Crippen LogP contribution in [0.1, 0.15) is 92.7 Å². The molecule has 0 spiro atoms. The maximum Gasteiger partial charge on any atom is 0.245 e. The van der Waals surface area contributed by atoms with Crippen molar-refractivity contribution >= 4 is 23.6 Å². The minimum Gasteiger partial charge on any atom is -0.386 e. The summed E-state index contributed by atoms with van der Waals surface area (Å²) in [7, 11) is 6.57. The Morgan fingerprint density at radius 2 is 1.53 bits per heavy atom. The molecule has 0 bridgehead atoms. The van der Waals surface area contributed by atoms with Crippen molar-refractivity contribution in [2.24, 2.45) is 23.7 Å². The third kappa shape index (κ3) is 11.5. The van der Waals surface area contributed by atoms with E-state index in [1.807, 2.05) is 71.9 Å². The number of methoxy groups -OCH3 is 2. The van der Waals surface area contributed by atoms with E-state index in [0.717, 1.165) is 12.8 Å². The zero-order chi connectivity index (χ0) is 38.6. The third-order valence-electron chi connectivity index (χ3n) is 10.7. The number of hydrogen-bond donors (Lipinski definition) is 4. The molecule has 0 radical (unpaired) electrons. The van der Waals surface area contributed by atoms with Crippen molar-refractivity contribution in [3.63, 3.8) is 0 Å². The van der Waals surface area contributed by atoms with Crippen LogP contribution in [0.25, 0.3) is 0 Å². The Balaban J connectivity index is 2.24. The van der Waals surface area contributed by atoms with Crippen LogP contribution in [0.3, 0.4) is 0 Å². The van der Waals surface area contributed by atoms with E-state index >= 15 is 0 Å². The Morgan fingerprint density at radius 1 is 0.922 bits per heavy atom. The molecule has 1 fully saturated rings. The van der Waals surface area contributed by atoms with E-state index in [2.05, 4.69) is 16.0 Å². The zero-order valence-electron chi connectivity index (χ0n) is 33.1. The fourth-order valence-electron chi connectivity index (χ4n) is 7.42. The van der Waals surface area contributed by atoms with Gasteiger partial charge in [0.25, 0.3) is 0 Å². The molecule has 1 aliphatic heterocycles. The predicted octanol–water partition coefficient (Wildman–Crippen LogP) is 3.53. The summed E-state index contributed by atoms with van der Waals surface area (Å²) in [6.45, 7) is 15.9. The number of ether oxygens (including phenoxy) is 2. The lowest BCUT2D eigenvalue weighted by atomic mass is 9.89. The van der Waals surface area contributed by atoms with Crippen LogP contribution in [0.5, 0.6) is 0 Å². The number of amides is 4. The second kappa shape index (κ2) is 20.8. The topological polar surface area (TPSA) is 150 Å². The van der Waals surface area contributed by atoms with Gasteiger partial charge in [-0.2, -0.15) is 0 Å². The van der Waals surface area contributed by atoms with Gasteiger partial charge in [-0.3, -0.25) is 19.2 Å². The van der Waals surface area contributed by atoms with Crippen molar-refractivity contribution in [1.29, 1.82) is 0 Å². The average Bonchev–Trinajstić information content (AvgIpc) is 3.59. The number of carbonyl (C=O) groups excluding carboxylic acids is 4. The number of benzene rings is 1. The maximum atomic E-state index is 14.1. The van der Waals surface area contributed by atoms with Gasteiger partial charge in [0.2, 0.25) is 23.6 Å². The molecular weight excluding hydrogens is 650 g/mol. The molecule has 1 unspecified atom stereocenters. The van der Waals surface area contributed by atoms with Crippen LogP contribution >= 0.6 is 0 Å². The summed E-state index contributed by atoms with van der Waals surface area (Å²) in [6, 6.07) is 6.67. The van der Waals surface area contributed by atoms with Crippen LogP contribution in [0.2, 0.25) is 0 Å². The molecule has 1 heterocycles. The van der Waals surface area contributed by atoms with Crippen LogP contribution in [0, 0.1) is 23.7 Å². The van der Waals surface area contributed by atoms with Crippen LogP contribution in [0.15, 0.2) is 30.3 Å². The molecule has 1 aliphatic rings. The lowest BCUT2D eigenvalue weighted by Crippen LogP contribution is -2.59. The van der Waals surface area contributed by atoms with Gasteiger partial charge in [0.05, 0.1) is 54.8 Å². The van der Waals surface area contributed by atoms with Crippen molar-refractivity contribution in [3.05, 3.63) is 35.9 Å². The highest BCUT2D eigenvalue weighted by molar-refractivity contribution is 5.90. The summed E-state index contributed by atoms with van der Waals surface area (Å²) in [4.78, 5) is 58.3. The number of hydrogen-bond acceptors (Lipinski definition) is 8. The van der Waals surface area contributed by atoms with E-state index in [-0.39, 0.29) is 53.8 Å². The van der Waals surface area contributed by atoms with Gasteiger partial charge in [-0.05, 0) is 50.1 Å². The summed E-state index contributed by atoms with van der Waals surface area (Å²) < 4.78 is 11.9. The van der Waals surface area contributed by atoms with Crippen LogP contribution in [-0.4, -0.2) is 116 Å². The Labute approximate surface area is 306 Å². The quantitative estimate of drug-likeness (QED) is 0.160. The second-order valence-corrected chi connectivity index (χ2v) is 15.0. The molecule has 290 valence electrons. The van der Waals surface area contributed by atoms with E-state index in [4.69, 9.17) is 9.47 Å². The molecular formula is C39H67N5O7. The zero-order valence-corrected chi connectivity index (χ0v) is 33.1. The van der Waals surface area contributed by atoms with Crippen molar-refractivity contribution < 1.29 is 33.8 Å². The van der Waals surface area contributed by atoms with Gasteiger partial charge >= 0.3 is 0 Å². The van der Waals surface area contributed by atoms with E-state index in [9.17, 15) is 24.3 Å². The molecule has 1 aromatic rings. The molecule has 0 saturated carbocycles. The van der Waals surface area contributed by atoms with Gasteiger partial charge in [-0.15, -0.1) is 0 Å². The Bertz CT molecular complexity index is 1250. The third-order valence-corrected chi connectivity index (χ3v) is 10.7. The Kier molecular flexibility index (Phi) is 18.0. The summed E-state index contributed by atoms with van der Waals surface area (Å²) in [5.41, 5.74) is 0.711. The monoisotopic (exact) mass is 718 g/mol. The van der Waals surface area contributed by atoms with Gasteiger partial charge in [0.15, 0.2) is 0 Å². The van der Waals surface area contributed by atoms with Gasteiger partial charge in [-0.25, -0.2) is 0 Å². The Hall–Kier alpha value is -3.06. The van der Waals surface area contributed by atoms with E-state index in [1.54, 1.807) is 52.0 Å². The minimum absolute atomic E-state index is 0.0148. The summed E-state index contributed by atoms with van der Waals surface area (Å²) in [6.07, 6.45) is 0.147. The van der Waals surface area contributed by atoms with Gasteiger partial charge in [0, 0.05) is 27.8 Å². The van der Waals surface area contributed by atoms with Gasteiger partial charge < -0.3 is 40.3 Å². The van der Waals surface area contributed by atoms with Crippen LogP contribution < -0.4 is 16.0 Å². The van der Waals surface area contributed by atoms with E-state index in [1.165, 1.54) is 0 Å². The highest BCUT2D eigenvalue weighted by atomic mass is 16.5. The lowest BCUT2D eigenvalue weighted by molar-refractivity contribution is -0.148. The first-order chi connectivity index (χ1) is 24.0. The minimum atomic E-state index is -0.875. The normalized spacial score (nSPS) is 20.1. The largest absolute Gasteiger partial charge is 0.386 e. The molecule has 51 heavy (non-hydrogen) atoms. The lowest BCUT2D eigenvalue weighted by Gasteiger charge is -2.41. The van der Waals surface area contributed by atoms with Crippen LogP contribution in [-0.2, 0) is 28.7 Å². The van der Waals surface area contributed by atoms with Crippen molar-refractivity contribution in [1.82, 2.24) is 25.8 Å². The molecule has 4 amide bonds. The highest BCUT2D eigenvalue weighted by Crippen LogP contribution is 2.30. The standard InChI is InChI=1S/C39H67N5O7/c1-13-25(6)34(43(10)39(49)33(24(4)5)42-38(48)32(40-9)23(2)3)30(50-11)22-31(45)44-21-17-20-29(44)36(51-12)26(7)37(47)41-27(8)35(46)28-18-15-14-16-19-28/h14-16,18-19,23-27,29-30,32-36,40,46H,13,17,20-22H2,1-12H3,(H,41,47)(H,42,48)/t25-,26+,27+,29-,30?,32-,33-,34-,35+,36+/m0/s1. The molecule has 0 aromatic heterocycles. The number of aliphatic hydroxyl groups excluding tert-OH is 1. The predicted molar refractivity (Wildman–Crippen MR) is 200 cm³/mol. The smallest absolute Gasteiger partial charge is 0.245 e. The second-order valence-electron chi connectivity index (χ2n) is 15.0. The average molecular weight is 718 g/mol. The number of likely N-dealkylation sites (tertiary alicyclic amines) is 1. The molecule has 2 rings (SSSR count). The molecule has 10 atom stereocenters. The first kappa shape index (κ1) is 44.1. The van der Waals surface area contributed by atoms with Crippen molar-refractivity contribution in [2.45, 2.75) is 130 Å². The SMILES string of the molecule is CC[C@H](C)[C@@H](C(CC(=O)N1CCC[C@H]1[C@H](OC)[C@@H](C)C(=O)N[C@H](C)[C@@H](O)c1ccccc1)OC)N(C)C(=O)[C@@H](NC(=O)[C@@H](NC)C(C)C)C(C)C. The molecule has 4 N–H and O–H groups in total. The molecule has 1 saturated heterocycles. The number of nitrogens with one attached hydrogen (secondary N) is 3. The summed E-state index contributed by atoms with van der Waals surface area (Å²) in [5, 5.41) is 19.8. The number of likely N-dealkylation sites (N-methyl/N-ethyl adjacent to an activating group) is 2. The van der Waals surface area contributed by atoms with Crippen molar-refractivity contribution in [3.8, 4) is 0 Å². The fourth-order valence-corrected chi connectivity index (χ4v) is 7.42. The number of carbonyl (C=O) groups is 4. The first-order valence-corrected chi connectivity index (χ1v) is 18.7. The van der Waals surface area contributed by atoms with Crippen LogP contribution in [0.4, 0.5) is 0 Å². The number of aliphatic hydroxyl groups is 1. The van der Waals surface area contributed by atoms with E-state index < -0.39 is 48.4 Å². The molecule has 12 heteroatoms.